The lowest BCUT2D eigenvalue weighted by Crippen LogP contribution is -2.21. The van der Waals surface area contributed by atoms with Crippen LogP contribution in [0.1, 0.15) is 19.9 Å². The van der Waals surface area contributed by atoms with Crippen LogP contribution in [0, 0.1) is 0 Å². The molecule has 0 spiro atoms. The molecule has 0 aliphatic carbocycles. The minimum Gasteiger partial charge on any atom is -0.481 e. The van der Waals surface area contributed by atoms with Gasteiger partial charge >= 0.3 is 0 Å². The molecular weight excluding hydrogens is 204 g/mol. The van der Waals surface area contributed by atoms with Crippen molar-refractivity contribution in [2.75, 3.05) is 7.11 Å². The zero-order valence-electron chi connectivity index (χ0n) is 9.60. The monoisotopic (exact) mass is 218 g/mol. The molecule has 0 saturated carbocycles. The van der Waals surface area contributed by atoms with E-state index in [0.29, 0.717) is 11.5 Å². The maximum atomic E-state index is 11.8. The number of hydrogen-bond acceptors (Lipinski definition) is 3. The van der Waals surface area contributed by atoms with Crippen LogP contribution in [0.3, 0.4) is 0 Å². The molecular formula is C12H14N2O2. The van der Waals surface area contributed by atoms with Gasteiger partial charge in [-0.15, -0.1) is 0 Å². The molecule has 0 N–H and O–H groups in total. The van der Waals surface area contributed by atoms with Crippen molar-refractivity contribution in [3.63, 3.8) is 0 Å². The molecule has 0 amide bonds. The molecule has 0 aromatic carbocycles. The Hall–Kier alpha value is -1.84. The van der Waals surface area contributed by atoms with E-state index < -0.39 is 0 Å². The van der Waals surface area contributed by atoms with E-state index in [2.05, 4.69) is 4.98 Å². The summed E-state index contributed by atoms with van der Waals surface area (Å²) in [4.78, 5) is 16.1. The van der Waals surface area contributed by atoms with Crippen LogP contribution in [0.4, 0.5) is 0 Å². The van der Waals surface area contributed by atoms with Gasteiger partial charge in [0.2, 0.25) is 5.88 Å². The van der Waals surface area contributed by atoms with E-state index in [1.165, 1.54) is 0 Å². The maximum Gasteiger partial charge on any atom is 0.252 e. The molecule has 2 heterocycles. The number of rotatable bonds is 2. The SMILES string of the molecule is COc1ccc2ccc(=O)n(C(C)C)c2n1. The Morgan fingerprint density at radius 1 is 1.25 bits per heavy atom. The maximum absolute atomic E-state index is 11.8. The Bertz CT molecular complexity index is 573. The van der Waals surface area contributed by atoms with Gasteiger partial charge in [-0.2, -0.15) is 4.98 Å². The van der Waals surface area contributed by atoms with Crippen LogP contribution < -0.4 is 10.3 Å². The minimum absolute atomic E-state index is 0.0387. The lowest BCUT2D eigenvalue weighted by atomic mass is 10.2. The standard InChI is InChI=1S/C12H14N2O2/c1-8(2)14-11(15)7-5-9-4-6-10(16-3)13-12(9)14/h4-8H,1-3H3. The molecule has 0 atom stereocenters. The van der Waals surface area contributed by atoms with Gasteiger partial charge in [-0.3, -0.25) is 9.36 Å². The molecule has 0 aliphatic rings. The first-order valence-electron chi connectivity index (χ1n) is 5.20. The quantitative estimate of drug-likeness (QED) is 0.774. The summed E-state index contributed by atoms with van der Waals surface area (Å²) in [5.74, 6) is 0.521. The van der Waals surface area contributed by atoms with Gasteiger partial charge in [0.25, 0.3) is 5.56 Å². The summed E-state index contributed by atoms with van der Waals surface area (Å²) in [6.07, 6.45) is 0. The summed E-state index contributed by atoms with van der Waals surface area (Å²) in [5, 5.41) is 0.939. The fraction of sp³-hybridized carbons (Fsp3) is 0.333. The fourth-order valence-corrected chi connectivity index (χ4v) is 1.72. The molecule has 16 heavy (non-hydrogen) atoms. The van der Waals surface area contributed by atoms with E-state index in [-0.39, 0.29) is 11.6 Å². The second-order valence-electron chi connectivity index (χ2n) is 3.90. The van der Waals surface area contributed by atoms with E-state index in [0.717, 1.165) is 5.39 Å². The third-order valence-electron chi connectivity index (χ3n) is 2.48. The minimum atomic E-state index is -0.0387. The summed E-state index contributed by atoms with van der Waals surface area (Å²) < 4.78 is 6.73. The van der Waals surface area contributed by atoms with Gasteiger partial charge in [-0.05, 0) is 26.0 Å². The lowest BCUT2D eigenvalue weighted by Gasteiger charge is -2.12. The number of methoxy groups -OCH3 is 1. The Morgan fingerprint density at radius 3 is 2.56 bits per heavy atom. The Kier molecular flexibility index (Phi) is 2.64. The number of nitrogens with zero attached hydrogens (tertiary/aromatic N) is 2. The van der Waals surface area contributed by atoms with Gasteiger partial charge in [0.05, 0.1) is 7.11 Å². The first-order valence-corrected chi connectivity index (χ1v) is 5.20. The first-order chi connectivity index (χ1) is 7.63. The van der Waals surface area contributed by atoms with Crippen molar-refractivity contribution >= 4 is 11.0 Å². The summed E-state index contributed by atoms with van der Waals surface area (Å²) in [6, 6.07) is 7.12. The summed E-state index contributed by atoms with van der Waals surface area (Å²) >= 11 is 0. The molecule has 4 nitrogen and oxygen atoms in total. The van der Waals surface area contributed by atoms with E-state index in [1.54, 1.807) is 29.9 Å². The van der Waals surface area contributed by atoms with Gasteiger partial charge in [0.1, 0.15) is 5.65 Å². The van der Waals surface area contributed by atoms with Crippen LogP contribution in [0.5, 0.6) is 5.88 Å². The average Bonchev–Trinajstić information content (AvgIpc) is 2.27. The molecule has 4 heteroatoms. The Morgan fingerprint density at radius 2 is 1.94 bits per heavy atom. The van der Waals surface area contributed by atoms with Crippen LogP contribution in [0.15, 0.2) is 29.1 Å². The second-order valence-corrected chi connectivity index (χ2v) is 3.90. The van der Waals surface area contributed by atoms with E-state index in [9.17, 15) is 4.79 Å². The van der Waals surface area contributed by atoms with Gasteiger partial charge in [-0.1, -0.05) is 0 Å². The molecule has 0 radical (unpaired) electrons. The Balaban J connectivity index is 2.83. The highest BCUT2D eigenvalue weighted by atomic mass is 16.5. The molecule has 2 aromatic rings. The molecule has 0 aliphatic heterocycles. The van der Waals surface area contributed by atoms with Gasteiger partial charge in [0, 0.05) is 23.6 Å². The topological polar surface area (TPSA) is 44.1 Å². The van der Waals surface area contributed by atoms with Crippen molar-refractivity contribution in [3.8, 4) is 5.88 Å². The third-order valence-corrected chi connectivity index (χ3v) is 2.48. The van der Waals surface area contributed by atoms with Crippen LogP contribution in [-0.2, 0) is 0 Å². The van der Waals surface area contributed by atoms with Crippen molar-refractivity contribution in [3.05, 3.63) is 34.6 Å². The van der Waals surface area contributed by atoms with Crippen LogP contribution in [-0.4, -0.2) is 16.7 Å². The molecule has 2 rings (SSSR count). The fourth-order valence-electron chi connectivity index (χ4n) is 1.72. The number of pyridine rings is 2. The van der Waals surface area contributed by atoms with E-state index in [4.69, 9.17) is 4.74 Å². The van der Waals surface area contributed by atoms with Crippen molar-refractivity contribution in [2.24, 2.45) is 0 Å². The van der Waals surface area contributed by atoms with Gasteiger partial charge < -0.3 is 4.74 Å². The van der Waals surface area contributed by atoms with Gasteiger partial charge in [0.15, 0.2) is 0 Å². The van der Waals surface area contributed by atoms with Gasteiger partial charge in [-0.25, -0.2) is 0 Å². The predicted molar refractivity (Wildman–Crippen MR) is 62.9 cm³/mol. The van der Waals surface area contributed by atoms with Crippen molar-refractivity contribution in [1.29, 1.82) is 0 Å². The zero-order valence-corrected chi connectivity index (χ0v) is 9.60. The highest BCUT2D eigenvalue weighted by Gasteiger charge is 2.08. The molecule has 2 aromatic heterocycles. The molecule has 0 unspecified atom stereocenters. The molecule has 0 bridgehead atoms. The predicted octanol–water partition coefficient (Wildman–Crippen LogP) is 1.99. The largest absolute Gasteiger partial charge is 0.481 e. The average molecular weight is 218 g/mol. The number of ether oxygens (including phenoxy) is 1. The van der Waals surface area contributed by atoms with Crippen LogP contribution >= 0.6 is 0 Å². The number of aromatic nitrogens is 2. The first kappa shape index (κ1) is 10.7. The number of hydrogen-bond donors (Lipinski definition) is 0. The van der Waals surface area contributed by atoms with Crippen molar-refractivity contribution in [1.82, 2.24) is 9.55 Å². The van der Waals surface area contributed by atoms with E-state index in [1.807, 2.05) is 19.9 Å². The summed E-state index contributed by atoms with van der Waals surface area (Å²) in [6.45, 7) is 3.92. The van der Waals surface area contributed by atoms with Crippen LogP contribution in [0.2, 0.25) is 0 Å². The van der Waals surface area contributed by atoms with Crippen LogP contribution in [0.25, 0.3) is 11.0 Å². The highest BCUT2D eigenvalue weighted by molar-refractivity contribution is 5.75. The van der Waals surface area contributed by atoms with E-state index >= 15 is 0 Å². The van der Waals surface area contributed by atoms with Crippen molar-refractivity contribution < 1.29 is 4.74 Å². The Labute approximate surface area is 93.5 Å². The normalized spacial score (nSPS) is 11.0. The highest BCUT2D eigenvalue weighted by Crippen LogP contribution is 2.17. The zero-order chi connectivity index (χ0) is 11.7. The summed E-state index contributed by atoms with van der Waals surface area (Å²) in [5.41, 5.74) is 0.630. The molecule has 84 valence electrons. The van der Waals surface area contributed by atoms with Crippen molar-refractivity contribution in [2.45, 2.75) is 19.9 Å². The molecule has 0 saturated heterocycles. The summed E-state index contributed by atoms with van der Waals surface area (Å²) in [7, 11) is 1.56. The third kappa shape index (κ3) is 1.66. The number of fused-ring (bicyclic) bond motifs is 1. The molecule has 0 fully saturated rings. The second kappa shape index (κ2) is 3.96. The smallest absolute Gasteiger partial charge is 0.252 e. The lowest BCUT2D eigenvalue weighted by molar-refractivity contribution is 0.398.